The van der Waals surface area contributed by atoms with Crippen molar-refractivity contribution < 1.29 is 9.18 Å². The fourth-order valence-electron chi connectivity index (χ4n) is 2.35. The number of carbonyl (C=O) groups is 1. The van der Waals surface area contributed by atoms with Crippen molar-refractivity contribution in [1.29, 1.82) is 0 Å². The fraction of sp³-hybridized carbons (Fsp3) is 0.118. The fourth-order valence-corrected chi connectivity index (χ4v) is 2.35. The van der Waals surface area contributed by atoms with Crippen molar-refractivity contribution in [2.75, 3.05) is 6.54 Å². The van der Waals surface area contributed by atoms with Crippen LogP contribution in [0.2, 0.25) is 0 Å². The number of aromatic amines is 1. The molecular weight excluding hydrogens is 267 g/mol. The summed E-state index contributed by atoms with van der Waals surface area (Å²) in [6, 6.07) is 14.2. The standard InChI is InChI=1S/C17H15FN2O/c18-15-7-3-1-5-12(15)9-19-11-17(21)14-10-20-16-8-4-2-6-13(14)16/h1-8,10,19-20H,9,11H2. The first-order chi connectivity index (χ1) is 10.3. The van der Waals surface area contributed by atoms with Crippen molar-refractivity contribution >= 4 is 16.7 Å². The van der Waals surface area contributed by atoms with E-state index in [1.165, 1.54) is 6.07 Å². The highest BCUT2D eigenvalue weighted by molar-refractivity contribution is 6.08. The molecule has 0 aliphatic heterocycles. The highest BCUT2D eigenvalue weighted by Gasteiger charge is 2.11. The Bertz CT molecular complexity index is 779. The molecule has 1 heterocycles. The van der Waals surface area contributed by atoms with E-state index in [9.17, 15) is 9.18 Å². The third kappa shape index (κ3) is 2.85. The Morgan fingerprint density at radius 1 is 1.10 bits per heavy atom. The molecule has 0 atom stereocenters. The zero-order valence-electron chi connectivity index (χ0n) is 11.4. The normalized spacial score (nSPS) is 10.9. The van der Waals surface area contributed by atoms with E-state index >= 15 is 0 Å². The van der Waals surface area contributed by atoms with E-state index in [1.54, 1.807) is 24.4 Å². The first kappa shape index (κ1) is 13.5. The Labute approximate surface area is 121 Å². The molecule has 0 unspecified atom stereocenters. The lowest BCUT2D eigenvalue weighted by Gasteiger charge is -2.05. The number of H-pyrrole nitrogens is 1. The second-order valence-corrected chi connectivity index (χ2v) is 4.87. The summed E-state index contributed by atoms with van der Waals surface area (Å²) in [5.41, 5.74) is 2.16. The predicted molar refractivity (Wildman–Crippen MR) is 80.7 cm³/mol. The molecule has 0 saturated carbocycles. The van der Waals surface area contributed by atoms with Gasteiger partial charge in [-0.2, -0.15) is 0 Å². The highest BCUT2D eigenvalue weighted by atomic mass is 19.1. The van der Waals surface area contributed by atoms with Crippen molar-refractivity contribution in [2.45, 2.75) is 6.54 Å². The minimum atomic E-state index is -0.260. The van der Waals surface area contributed by atoms with Crippen LogP contribution in [0.5, 0.6) is 0 Å². The number of carbonyl (C=O) groups excluding carboxylic acids is 1. The van der Waals surface area contributed by atoms with E-state index in [0.29, 0.717) is 17.7 Å². The quantitative estimate of drug-likeness (QED) is 0.705. The Morgan fingerprint density at radius 2 is 1.86 bits per heavy atom. The van der Waals surface area contributed by atoms with Crippen molar-refractivity contribution in [3.8, 4) is 0 Å². The lowest BCUT2D eigenvalue weighted by Crippen LogP contribution is -2.22. The van der Waals surface area contributed by atoms with Crippen LogP contribution in [0.1, 0.15) is 15.9 Å². The maximum Gasteiger partial charge on any atom is 0.178 e. The van der Waals surface area contributed by atoms with E-state index in [-0.39, 0.29) is 18.1 Å². The Hall–Kier alpha value is -2.46. The maximum absolute atomic E-state index is 13.5. The minimum Gasteiger partial charge on any atom is -0.360 e. The molecule has 2 N–H and O–H groups in total. The van der Waals surface area contributed by atoms with Gasteiger partial charge >= 0.3 is 0 Å². The molecule has 0 saturated heterocycles. The molecule has 4 heteroatoms. The molecule has 0 bridgehead atoms. The number of fused-ring (bicyclic) bond motifs is 1. The number of halogens is 1. The van der Waals surface area contributed by atoms with Crippen LogP contribution in [0.4, 0.5) is 4.39 Å². The number of benzene rings is 2. The average Bonchev–Trinajstić information content (AvgIpc) is 2.93. The molecule has 0 aliphatic carbocycles. The Morgan fingerprint density at radius 3 is 2.71 bits per heavy atom. The topological polar surface area (TPSA) is 44.9 Å². The summed E-state index contributed by atoms with van der Waals surface area (Å²) in [5, 5.41) is 3.90. The lowest BCUT2D eigenvalue weighted by molar-refractivity contribution is 0.0992. The van der Waals surface area contributed by atoms with Crippen LogP contribution < -0.4 is 5.32 Å². The summed E-state index contributed by atoms with van der Waals surface area (Å²) < 4.78 is 13.5. The molecule has 2 aromatic carbocycles. The average molecular weight is 282 g/mol. The van der Waals surface area contributed by atoms with Crippen LogP contribution in [0.3, 0.4) is 0 Å². The van der Waals surface area contributed by atoms with Crippen LogP contribution in [-0.2, 0) is 6.54 Å². The van der Waals surface area contributed by atoms with Gasteiger partial charge in [-0.25, -0.2) is 4.39 Å². The molecule has 21 heavy (non-hydrogen) atoms. The van der Waals surface area contributed by atoms with Gasteiger partial charge in [0, 0.05) is 34.8 Å². The molecule has 0 fully saturated rings. The van der Waals surface area contributed by atoms with E-state index < -0.39 is 0 Å². The van der Waals surface area contributed by atoms with E-state index in [1.807, 2.05) is 24.3 Å². The van der Waals surface area contributed by atoms with E-state index in [0.717, 1.165) is 10.9 Å². The number of rotatable bonds is 5. The molecule has 3 nitrogen and oxygen atoms in total. The number of para-hydroxylation sites is 1. The number of hydrogen-bond acceptors (Lipinski definition) is 2. The third-order valence-electron chi connectivity index (χ3n) is 3.45. The summed E-state index contributed by atoms with van der Waals surface area (Å²) in [6.45, 7) is 0.511. The van der Waals surface area contributed by atoms with Gasteiger partial charge in [0.25, 0.3) is 0 Å². The minimum absolute atomic E-state index is 0.0104. The first-order valence-electron chi connectivity index (χ1n) is 6.79. The van der Waals surface area contributed by atoms with Gasteiger partial charge in [-0.1, -0.05) is 36.4 Å². The molecular formula is C17H15FN2O. The second kappa shape index (κ2) is 5.89. The predicted octanol–water partition coefficient (Wildman–Crippen LogP) is 3.28. The summed E-state index contributed by atoms with van der Waals surface area (Å²) in [4.78, 5) is 15.3. The summed E-state index contributed by atoms with van der Waals surface area (Å²) in [6.07, 6.45) is 1.72. The second-order valence-electron chi connectivity index (χ2n) is 4.87. The molecule has 3 rings (SSSR count). The van der Waals surface area contributed by atoms with Crippen LogP contribution >= 0.6 is 0 Å². The van der Waals surface area contributed by atoms with E-state index in [4.69, 9.17) is 0 Å². The highest BCUT2D eigenvalue weighted by Crippen LogP contribution is 2.17. The first-order valence-corrected chi connectivity index (χ1v) is 6.79. The number of aromatic nitrogens is 1. The number of Topliss-reactive ketones (excluding diaryl/α,β-unsaturated/α-hetero) is 1. The van der Waals surface area contributed by atoms with Crippen LogP contribution in [0, 0.1) is 5.82 Å². The van der Waals surface area contributed by atoms with Gasteiger partial charge in [0.15, 0.2) is 5.78 Å². The number of ketones is 1. The van der Waals surface area contributed by atoms with Crippen LogP contribution in [0.15, 0.2) is 54.7 Å². The Kier molecular flexibility index (Phi) is 3.79. The van der Waals surface area contributed by atoms with Gasteiger partial charge < -0.3 is 10.3 Å². The van der Waals surface area contributed by atoms with Crippen LogP contribution in [0.25, 0.3) is 10.9 Å². The summed E-state index contributed by atoms with van der Waals surface area (Å²) in [5.74, 6) is -0.270. The zero-order chi connectivity index (χ0) is 14.7. The van der Waals surface area contributed by atoms with Crippen molar-refractivity contribution in [2.24, 2.45) is 0 Å². The molecule has 106 valence electrons. The van der Waals surface area contributed by atoms with Crippen molar-refractivity contribution in [3.05, 3.63) is 71.7 Å². The monoisotopic (exact) mass is 282 g/mol. The molecule has 1 aromatic heterocycles. The third-order valence-corrected chi connectivity index (χ3v) is 3.45. The Balaban J connectivity index is 1.66. The molecule has 0 amide bonds. The van der Waals surface area contributed by atoms with Gasteiger partial charge in [-0.05, 0) is 12.1 Å². The van der Waals surface area contributed by atoms with Gasteiger partial charge in [0.1, 0.15) is 5.82 Å². The van der Waals surface area contributed by atoms with Gasteiger partial charge in [0.2, 0.25) is 0 Å². The molecule has 0 radical (unpaired) electrons. The molecule has 0 spiro atoms. The molecule has 3 aromatic rings. The largest absolute Gasteiger partial charge is 0.360 e. The van der Waals surface area contributed by atoms with Crippen molar-refractivity contribution in [1.82, 2.24) is 10.3 Å². The summed E-state index contributed by atoms with van der Waals surface area (Å²) in [7, 11) is 0. The van der Waals surface area contributed by atoms with Crippen molar-refractivity contribution in [3.63, 3.8) is 0 Å². The lowest BCUT2D eigenvalue weighted by atomic mass is 10.1. The maximum atomic E-state index is 13.5. The SMILES string of the molecule is O=C(CNCc1ccccc1F)c1c[nH]c2ccccc12. The van der Waals surface area contributed by atoms with Gasteiger partial charge in [0.05, 0.1) is 6.54 Å². The smallest absolute Gasteiger partial charge is 0.178 e. The van der Waals surface area contributed by atoms with Gasteiger partial charge in [-0.15, -0.1) is 0 Å². The summed E-state index contributed by atoms with van der Waals surface area (Å²) >= 11 is 0. The number of nitrogens with one attached hydrogen (secondary N) is 2. The number of hydrogen-bond donors (Lipinski definition) is 2. The van der Waals surface area contributed by atoms with Gasteiger partial charge in [-0.3, -0.25) is 4.79 Å². The van der Waals surface area contributed by atoms with E-state index in [2.05, 4.69) is 10.3 Å². The zero-order valence-corrected chi connectivity index (χ0v) is 11.4. The molecule has 0 aliphatic rings. The van der Waals surface area contributed by atoms with Crippen LogP contribution in [-0.4, -0.2) is 17.3 Å².